The summed E-state index contributed by atoms with van der Waals surface area (Å²) in [6, 6.07) is 0. The lowest BCUT2D eigenvalue weighted by atomic mass is 9.87. The lowest BCUT2D eigenvalue weighted by Gasteiger charge is -2.19. The van der Waals surface area contributed by atoms with Gasteiger partial charge in [0.25, 0.3) is 0 Å². The van der Waals surface area contributed by atoms with Crippen molar-refractivity contribution >= 4 is 0 Å². The Bertz CT molecular complexity index is 376. The molecule has 0 aromatic carbocycles. The molecule has 0 bridgehead atoms. The van der Waals surface area contributed by atoms with E-state index in [4.69, 9.17) is 0 Å². The maximum absolute atomic E-state index is 13.6. The van der Waals surface area contributed by atoms with Gasteiger partial charge in [0.05, 0.1) is 0 Å². The van der Waals surface area contributed by atoms with Gasteiger partial charge in [-0.25, -0.2) is 4.39 Å². The number of halogens is 1. The highest BCUT2D eigenvalue weighted by Gasteiger charge is 2.15. The molecule has 0 N–H and O–H groups in total. The first kappa shape index (κ1) is 14.9. The smallest absolute Gasteiger partial charge is 0.119 e. The standard InChI is InChI=1S/C17H25F/c1-13(2)10-11-17(15(4)18)12-14(3)16-8-6-5-7-9-16/h5-6,8,10-11,14-15H,7,9,12H2,1-4H3/b17-11-. The second-order valence-electron chi connectivity index (χ2n) is 5.42. The maximum Gasteiger partial charge on any atom is 0.119 e. The van der Waals surface area contributed by atoms with Crippen LogP contribution in [0.3, 0.4) is 0 Å². The summed E-state index contributed by atoms with van der Waals surface area (Å²) in [5, 5.41) is 0. The summed E-state index contributed by atoms with van der Waals surface area (Å²) in [4.78, 5) is 0. The van der Waals surface area contributed by atoms with Crippen molar-refractivity contribution in [2.45, 2.75) is 53.1 Å². The fourth-order valence-electron chi connectivity index (χ4n) is 2.15. The van der Waals surface area contributed by atoms with Crippen LogP contribution in [0.1, 0.15) is 47.0 Å². The predicted molar refractivity (Wildman–Crippen MR) is 78.3 cm³/mol. The van der Waals surface area contributed by atoms with Gasteiger partial charge in [0.2, 0.25) is 0 Å². The summed E-state index contributed by atoms with van der Waals surface area (Å²) >= 11 is 0. The van der Waals surface area contributed by atoms with Crippen molar-refractivity contribution in [1.29, 1.82) is 0 Å². The van der Waals surface area contributed by atoms with E-state index in [1.807, 2.05) is 26.0 Å². The van der Waals surface area contributed by atoms with Crippen molar-refractivity contribution in [1.82, 2.24) is 0 Å². The van der Waals surface area contributed by atoms with Crippen molar-refractivity contribution in [3.63, 3.8) is 0 Å². The molecule has 0 aromatic rings. The molecule has 1 heteroatoms. The van der Waals surface area contributed by atoms with Crippen LogP contribution in [0.15, 0.2) is 47.1 Å². The molecule has 0 heterocycles. The van der Waals surface area contributed by atoms with E-state index >= 15 is 0 Å². The highest BCUT2D eigenvalue weighted by Crippen LogP contribution is 2.27. The fraction of sp³-hybridized carbons (Fsp3) is 0.529. The second kappa shape index (κ2) is 7.35. The maximum atomic E-state index is 13.6. The van der Waals surface area contributed by atoms with Gasteiger partial charge in [0.15, 0.2) is 0 Å². The minimum absolute atomic E-state index is 0.435. The van der Waals surface area contributed by atoms with Gasteiger partial charge in [-0.1, -0.05) is 48.5 Å². The Morgan fingerprint density at radius 2 is 2.06 bits per heavy atom. The third-order valence-corrected chi connectivity index (χ3v) is 3.36. The normalized spacial score (nSPS) is 19.2. The molecule has 1 aliphatic rings. The molecular weight excluding hydrogens is 223 g/mol. The van der Waals surface area contributed by atoms with Gasteiger partial charge in [-0.3, -0.25) is 0 Å². The summed E-state index contributed by atoms with van der Waals surface area (Å²) in [7, 11) is 0. The molecule has 0 nitrogen and oxygen atoms in total. The Hall–Kier alpha value is -1.11. The first-order valence-corrected chi connectivity index (χ1v) is 6.84. The Morgan fingerprint density at radius 3 is 2.56 bits per heavy atom. The van der Waals surface area contributed by atoms with Crippen LogP contribution in [-0.2, 0) is 0 Å². The van der Waals surface area contributed by atoms with Gasteiger partial charge in [0, 0.05) is 0 Å². The van der Waals surface area contributed by atoms with Crippen molar-refractivity contribution in [2.75, 3.05) is 0 Å². The van der Waals surface area contributed by atoms with Crippen LogP contribution >= 0.6 is 0 Å². The lowest BCUT2D eigenvalue weighted by molar-refractivity contribution is 0.392. The molecule has 0 aromatic heterocycles. The Kier molecular flexibility index (Phi) is 6.11. The third kappa shape index (κ3) is 5.03. The summed E-state index contributed by atoms with van der Waals surface area (Å²) in [5.41, 5.74) is 3.56. The number of hydrogen-bond donors (Lipinski definition) is 0. The summed E-state index contributed by atoms with van der Waals surface area (Å²) < 4.78 is 13.6. The van der Waals surface area contributed by atoms with Crippen LogP contribution in [0.2, 0.25) is 0 Å². The molecule has 0 saturated heterocycles. The molecule has 0 saturated carbocycles. The number of hydrogen-bond acceptors (Lipinski definition) is 0. The van der Waals surface area contributed by atoms with Gasteiger partial charge in [-0.15, -0.1) is 0 Å². The Labute approximate surface area is 111 Å². The topological polar surface area (TPSA) is 0 Å². The average molecular weight is 248 g/mol. The largest absolute Gasteiger partial charge is 0.243 e. The summed E-state index contributed by atoms with van der Waals surface area (Å²) in [5.74, 6) is 0.435. The number of rotatable bonds is 5. The van der Waals surface area contributed by atoms with E-state index in [0.29, 0.717) is 5.92 Å². The zero-order valence-electron chi connectivity index (χ0n) is 12.0. The predicted octanol–water partition coefficient (Wildman–Crippen LogP) is 5.54. The SMILES string of the molecule is CC(C)=C/C=C(/CC(C)C1=CC=CCC1)C(C)F. The first-order chi connectivity index (χ1) is 8.50. The first-order valence-electron chi connectivity index (χ1n) is 6.84. The Balaban J connectivity index is 2.72. The van der Waals surface area contributed by atoms with Crippen molar-refractivity contribution in [3.05, 3.63) is 47.1 Å². The van der Waals surface area contributed by atoms with E-state index in [1.54, 1.807) is 6.92 Å². The second-order valence-corrected chi connectivity index (χ2v) is 5.42. The van der Waals surface area contributed by atoms with Crippen LogP contribution in [0.25, 0.3) is 0 Å². The van der Waals surface area contributed by atoms with E-state index in [0.717, 1.165) is 24.8 Å². The number of allylic oxidation sites excluding steroid dienone is 8. The van der Waals surface area contributed by atoms with E-state index in [1.165, 1.54) is 11.1 Å². The average Bonchev–Trinajstić information content (AvgIpc) is 2.34. The monoisotopic (exact) mass is 248 g/mol. The van der Waals surface area contributed by atoms with Gasteiger partial charge < -0.3 is 0 Å². The summed E-state index contributed by atoms with van der Waals surface area (Å²) in [6.45, 7) is 7.90. The molecule has 2 atom stereocenters. The molecule has 0 radical (unpaired) electrons. The molecular formula is C17H25F. The highest BCUT2D eigenvalue weighted by molar-refractivity contribution is 5.24. The van der Waals surface area contributed by atoms with Crippen molar-refractivity contribution in [3.8, 4) is 0 Å². The van der Waals surface area contributed by atoms with Crippen LogP contribution < -0.4 is 0 Å². The molecule has 1 aliphatic carbocycles. The highest BCUT2D eigenvalue weighted by atomic mass is 19.1. The van der Waals surface area contributed by atoms with Crippen molar-refractivity contribution in [2.24, 2.45) is 5.92 Å². The Morgan fingerprint density at radius 1 is 1.33 bits per heavy atom. The fourth-order valence-corrected chi connectivity index (χ4v) is 2.15. The minimum atomic E-state index is -0.859. The zero-order chi connectivity index (χ0) is 13.5. The molecule has 0 spiro atoms. The molecule has 1 rings (SSSR count). The van der Waals surface area contributed by atoms with E-state index < -0.39 is 6.17 Å². The molecule has 0 aliphatic heterocycles. The number of alkyl halides is 1. The van der Waals surface area contributed by atoms with Gasteiger partial charge >= 0.3 is 0 Å². The van der Waals surface area contributed by atoms with Crippen LogP contribution in [0.5, 0.6) is 0 Å². The van der Waals surface area contributed by atoms with Crippen LogP contribution in [0.4, 0.5) is 4.39 Å². The zero-order valence-corrected chi connectivity index (χ0v) is 12.0. The van der Waals surface area contributed by atoms with Gasteiger partial charge in [-0.2, -0.15) is 0 Å². The van der Waals surface area contributed by atoms with Crippen LogP contribution in [-0.4, -0.2) is 6.17 Å². The van der Waals surface area contributed by atoms with Gasteiger partial charge in [0.1, 0.15) is 6.17 Å². The van der Waals surface area contributed by atoms with E-state index in [9.17, 15) is 4.39 Å². The molecule has 0 amide bonds. The molecule has 2 unspecified atom stereocenters. The van der Waals surface area contributed by atoms with E-state index in [-0.39, 0.29) is 0 Å². The quantitative estimate of drug-likeness (QED) is 0.560. The van der Waals surface area contributed by atoms with Crippen LogP contribution in [0, 0.1) is 5.92 Å². The summed E-state index contributed by atoms with van der Waals surface area (Å²) in [6.07, 6.45) is 12.7. The van der Waals surface area contributed by atoms with Crippen molar-refractivity contribution < 1.29 is 4.39 Å². The third-order valence-electron chi connectivity index (χ3n) is 3.36. The molecule has 0 fully saturated rings. The van der Waals surface area contributed by atoms with E-state index in [2.05, 4.69) is 25.2 Å². The molecule has 18 heavy (non-hydrogen) atoms. The molecule has 100 valence electrons. The minimum Gasteiger partial charge on any atom is -0.243 e. The van der Waals surface area contributed by atoms with Gasteiger partial charge in [-0.05, 0) is 51.5 Å². The lowest BCUT2D eigenvalue weighted by Crippen LogP contribution is -2.08.